The molecule has 0 saturated carbocycles. The molecule has 7 heteroatoms. The molecular weight excluding hydrogens is 412 g/mol. The van der Waals surface area contributed by atoms with Crippen molar-refractivity contribution in [2.24, 2.45) is 0 Å². The summed E-state index contributed by atoms with van der Waals surface area (Å²) in [5, 5.41) is 4.70. The smallest absolute Gasteiger partial charge is 0.226 e. The largest absolute Gasteiger partial charge is 0.339 e. The number of hydrogen-bond acceptors (Lipinski definition) is 5. The first kappa shape index (κ1) is 21.5. The fourth-order valence-corrected chi connectivity index (χ4v) is 4.12. The lowest BCUT2D eigenvalue weighted by molar-refractivity contribution is -0.135. The summed E-state index contributed by atoms with van der Waals surface area (Å²) < 4.78 is 5.34. The molecule has 0 spiro atoms. The highest BCUT2D eigenvalue weighted by molar-refractivity contribution is 6.30. The summed E-state index contributed by atoms with van der Waals surface area (Å²) in [5.41, 5.74) is 2.17. The van der Waals surface area contributed by atoms with Gasteiger partial charge in [0.25, 0.3) is 0 Å². The van der Waals surface area contributed by atoms with Gasteiger partial charge in [0.1, 0.15) is 0 Å². The number of amides is 1. The van der Waals surface area contributed by atoms with Crippen LogP contribution in [0.5, 0.6) is 0 Å². The van der Waals surface area contributed by atoms with Gasteiger partial charge < -0.3 is 9.42 Å². The first-order valence-corrected chi connectivity index (χ1v) is 11.1. The molecule has 1 aliphatic heterocycles. The Morgan fingerprint density at radius 2 is 1.90 bits per heavy atom. The third-order valence-electron chi connectivity index (χ3n) is 5.63. The summed E-state index contributed by atoms with van der Waals surface area (Å²) in [4.78, 5) is 21.6. The average molecular weight is 439 g/mol. The fourth-order valence-electron chi connectivity index (χ4n) is 4.00. The van der Waals surface area contributed by atoms with Crippen LogP contribution < -0.4 is 0 Å². The van der Waals surface area contributed by atoms with Crippen molar-refractivity contribution in [1.82, 2.24) is 19.9 Å². The number of carbonyl (C=O) groups is 1. The quantitative estimate of drug-likeness (QED) is 0.545. The molecule has 1 amide bonds. The molecule has 4 rings (SSSR count). The molecule has 6 nitrogen and oxygen atoms in total. The summed E-state index contributed by atoms with van der Waals surface area (Å²) in [6.07, 6.45) is 1.77. The van der Waals surface area contributed by atoms with Crippen molar-refractivity contribution >= 4 is 17.5 Å². The highest BCUT2D eigenvalue weighted by atomic mass is 35.5. The van der Waals surface area contributed by atoms with Crippen molar-refractivity contribution in [3.05, 3.63) is 71.1 Å². The zero-order valence-electron chi connectivity index (χ0n) is 17.7. The maximum Gasteiger partial charge on any atom is 0.226 e. The van der Waals surface area contributed by atoms with Gasteiger partial charge in [-0.25, -0.2) is 0 Å². The summed E-state index contributed by atoms with van der Waals surface area (Å²) in [6, 6.07) is 18.0. The van der Waals surface area contributed by atoms with E-state index < -0.39 is 0 Å². The van der Waals surface area contributed by atoms with E-state index in [2.05, 4.69) is 46.2 Å². The predicted octanol–water partition coefficient (Wildman–Crippen LogP) is 4.45. The third kappa shape index (κ3) is 5.71. The Labute approximate surface area is 187 Å². The zero-order valence-corrected chi connectivity index (χ0v) is 18.5. The molecule has 1 atom stereocenters. The Kier molecular flexibility index (Phi) is 6.99. The van der Waals surface area contributed by atoms with Crippen LogP contribution in [0.3, 0.4) is 0 Å². The Morgan fingerprint density at radius 1 is 1.13 bits per heavy atom. The molecule has 1 unspecified atom stereocenters. The minimum absolute atomic E-state index is 0.198. The van der Waals surface area contributed by atoms with Crippen LogP contribution in [0.25, 0.3) is 11.4 Å². The molecule has 1 fully saturated rings. The molecule has 1 saturated heterocycles. The molecule has 31 heavy (non-hydrogen) atoms. The van der Waals surface area contributed by atoms with E-state index in [1.807, 2.05) is 23.1 Å². The number of nitrogens with zero attached hydrogens (tertiary/aromatic N) is 4. The van der Waals surface area contributed by atoms with E-state index in [1.54, 1.807) is 12.1 Å². The molecule has 0 bridgehead atoms. The van der Waals surface area contributed by atoms with Crippen LogP contribution in [0.1, 0.15) is 31.2 Å². The van der Waals surface area contributed by atoms with Gasteiger partial charge in [0.05, 0.1) is 0 Å². The second-order valence-electron chi connectivity index (χ2n) is 8.03. The topological polar surface area (TPSA) is 62.5 Å². The monoisotopic (exact) mass is 438 g/mol. The van der Waals surface area contributed by atoms with E-state index in [-0.39, 0.29) is 11.9 Å². The number of rotatable bonds is 7. The number of benzene rings is 2. The molecule has 162 valence electrons. The normalized spacial score (nSPS) is 17.1. The minimum atomic E-state index is 0.198. The number of halogens is 1. The van der Waals surface area contributed by atoms with Gasteiger partial charge >= 0.3 is 0 Å². The maximum atomic E-state index is 12.8. The second-order valence-corrected chi connectivity index (χ2v) is 8.47. The van der Waals surface area contributed by atoms with E-state index in [1.165, 1.54) is 5.56 Å². The van der Waals surface area contributed by atoms with Crippen molar-refractivity contribution in [3.8, 4) is 11.4 Å². The minimum Gasteiger partial charge on any atom is -0.339 e. The van der Waals surface area contributed by atoms with Crippen molar-refractivity contribution in [2.75, 3.05) is 19.6 Å². The highest BCUT2D eigenvalue weighted by Gasteiger charge is 2.27. The SMILES string of the molecule is CC1CN(Cc2ccccc2)CCN1C(=O)CCCc1nc(-c2ccc(Cl)cc2)no1. The van der Waals surface area contributed by atoms with E-state index in [0.717, 1.165) is 31.7 Å². The van der Waals surface area contributed by atoms with E-state index >= 15 is 0 Å². The summed E-state index contributed by atoms with van der Waals surface area (Å²) in [6.45, 7) is 5.63. The number of hydrogen-bond donors (Lipinski definition) is 0. The molecule has 2 heterocycles. The van der Waals surface area contributed by atoms with Gasteiger partial charge in [-0.15, -0.1) is 0 Å². The van der Waals surface area contributed by atoms with Crippen LogP contribution in [0.4, 0.5) is 0 Å². The molecule has 0 N–H and O–H groups in total. The zero-order chi connectivity index (χ0) is 21.6. The molecule has 3 aromatic rings. The van der Waals surface area contributed by atoms with Gasteiger partial charge in [-0.2, -0.15) is 4.98 Å². The Balaban J connectivity index is 1.23. The fraction of sp³-hybridized carbons (Fsp3) is 0.375. The summed E-state index contributed by atoms with van der Waals surface area (Å²) >= 11 is 5.92. The van der Waals surface area contributed by atoms with Crippen molar-refractivity contribution in [2.45, 2.75) is 38.8 Å². The van der Waals surface area contributed by atoms with Gasteiger partial charge in [-0.3, -0.25) is 9.69 Å². The molecule has 1 aromatic heterocycles. The van der Waals surface area contributed by atoms with Crippen LogP contribution in [0.15, 0.2) is 59.1 Å². The van der Waals surface area contributed by atoms with Gasteiger partial charge in [0.15, 0.2) is 0 Å². The first-order valence-electron chi connectivity index (χ1n) is 10.7. The molecule has 0 aliphatic carbocycles. The van der Waals surface area contributed by atoms with Crippen molar-refractivity contribution < 1.29 is 9.32 Å². The first-order chi connectivity index (χ1) is 15.1. The van der Waals surface area contributed by atoms with Crippen LogP contribution >= 0.6 is 11.6 Å². The Morgan fingerprint density at radius 3 is 2.65 bits per heavy atom. The van der Waals surface area contributed by atoms with Crippen LogP contribution in [0.2, 0.25) is 5.02 Å². The lowest BCUT2D eigenvalue weighted by atomic mass is 10.1. The predicted molar refractivity (Wildman–Crippen MR) is 121 cm³/mol. The Hall–Kier alpha value is -2.70. The van der Waals surface area contributed by atoms with Crippen LogP contribution in [-0.2, 0) is 17.8 Å². The number of piperazine rings is 1. The molecule has 0 radical (unpaired) electrons. The summed E-state index contributed by atoms with van der Waals surface area (Å²) in [7, 11) is 0. The molecule has 1 aliphatic rings. The van der Waals surface area contributed by atoms with Crippen LogP contribution in [-0.4, -0.2) is 51.5 Å². The second kappa shape index (κ2) is 10.1. The molecule has 2 aromatic carbocycles. The Bertz CT molecular complexity index is 990. The average Bonchev–Trinajstić information content (AvgIpc) is 3.24. The third-order valence-corrected chi connectivity index (χ3v) is 5.88. The lowest BCUT2D eigenvalue weighted by Crippen LogP contribution is -2.53. The van der Waals surface area contributed by atoms with Crippen LogP contribution in [0, 0.1) is 0 Å². The van der Waals surface area contributed by atoms with Gasteiger partial charge in [-0.05, 0) is 43.2 Å². The number of aryl methyl sites for hydroxylation is 1. The lowest BCUT2D eigenvalue weighted by Gasteiger charge is -2.40. The number of carbonyl (C=O) groups excluding carboxylic acids is 1. The maximum absolute atomic E-state index is 12.8. The van der Waals surface area contributed by atoms with E-state index in [4.69, 9.17) is 16.1 Å². The van der Waals surface area contributed by atoms with Gasteiger partial charge in [0, 0.05) is 55.6 Å². The highest BCUT2D eigenvalue weighted by Crippen LogP contribution is 2.20. The van der Waals surface area contributed by atoms with Crippen molar-refractivity contribution in [3.63, 3.8) is 0 Å². The van der Waals surface area contributed by atoms with Crippen molar-refractivity contribution in [1.29, 1.82) is 0 Å². The van der Waals surface area contributed by atoms with E-state index in [9.17, 15) is 4.79 Å². The summed E-state index contributed by atoms with van der Waals surface area (Å²) in [5.74, 6) is 1.30. The van der Waals surface area contributed by atoms with Gasteiger partial charge in [-0.1, -0.05) is 47.1 Å². The standard InChI is InChI=1S/C24H27ClN4O2/c1-18-16-28(17-19-6-3-2-4-7-19)14-15-29(18)23(30)9-5-8-22-26-24(27-31-22)20-10-12-21(25)13-11-20/h2-4,6-7,10-13,18H,5,8-9,14-17H2,1H3. The number of aromatic nitrogens is 2. The van der Waals surface area contributed by atoms with Gasteiger partial charge in [0.2, 0.25) is 17.6 Å². The van der Waals surface area contributed by atoms with E-state index in [0.29, 0.717) is 36.0 Å². The molecular formula is C24H27ClN4O2.